The molecule has 110 valence electrons. The monoisotopic (exact) mass is 321 g/mol. The highest BCUT2D eigenvalue weighted by atomic mass is 35.5. The normalized spacial score (nSPS) is 10.1. The van der Waals surface area contributed by atoms with Gasteiger partial charge in [0.1, 0.15) is 16.5 Å². The molecule has 2 aromatic rings. The maximum atomic E-state index is 5.88. The average Bonchev–Trinajstić information content (AvgIpc) is 2.47. The molecule has 0 radical (unpaired) electrons. The van der Waals surface area contributed by atoms with Crippen LogP contribution in [0.3, 0.4) is 0 Å². The number of halogens is 1. The predicted molar refractivity (Wildman–Crippen MR) is 89.4 cm³/mol. The van der Waals surface area contributed by atoms with Crippen molar-refractivity contribution in [3.63, 3.8) is 0 Å². The van der Waals surface area contributed by atoms with E-state index in [9.17, 15) is 0 Å². The topological polar surface area (TPSA) is 44.5 Å². The Labute approximate surface area is 134 Å². The number of benzene rings is 2. The highest BCUT2D eigenvalue weighted by molar-refractivity contribution is 7.80. The van der Waals surface area contributed by atoms with Crippen molar-refractivity contribution >= 4 is 28.8 Å². The van der Waals surface area contributed by atoms with Crippen LogP contribution in [-0.2, 0) is 0 Å². The zero-order valence-corrected chi connectivity index (χ0v) is 13.0. The number of hydrogen-bond acceptors (Lipinski definition) is 3. The van der Waals surface area contributed by atoms with Crippen molar-refractivity contribution < 1.29 is 9.47 Å². The van der Waals surface area contributed by atoms with Gasteiger partial charge in [0.15, 0.2) is 0 Å². The fraction of sp³-hybridized carbons (Fsp3) is 0.188. The summed E-state index contributed by atoms with van der Waals surface area (Å²) in [6.45, 7) is 1.08. The molecule has 0 aliphatic rings. The maximum Gasteiger partial charge on any atom is 0.129 e. The Morgan fingerprint density at radius 3 is 2.57 bits per heavy atom. The first-order chi connectivity index (χ1) is 10.2. The molecule has 0 atom stereocenters. The van der Waals surface area contributed by atoms with Crippen LogP contribution >= 0.6 is 23.8 Å². The van der Waals surface area contributed by atoms with E-state index in [1.807, 2.05) is 42.5 Å². The summed E-state index contributed by atoms with van der Waals surface area (Å²) in [6, 6.07) is 14.8. The highest BCUT2D eigenvalue weighted by Gasteiger charge is 2.05. The molecule has 2 aromatic carbocycles. The van der Waals surface area contributed by atoms with Crippen LogP contribution in [0.5, 0.6) is 11.5 Å². The van der Waals surface area contributed by atoms with Gasteiger partial charge in [-0.15, -0.1) is 0 Å². The van der Waals surface area contributed by atoms with Crippen LogP contribution in [-0.4, -0.2) is 18.2 Å². The van der Waals surface area contributed by atoms with Gasteiger partial charge >= 0.3 is 0 Å². The number of para-hydroxylation sites is 1. The number of rotatable bonds is 7. The standard InChI is InChI=1S/C16H16ClNO2S/c17-12-5-3-6-13(11-12)19-9-4-10-20-15-8-2-1-7-14(15)16(18)21/h1-3,5-8,11H,4,9-10H2,(H2,18,21). The van der Waals surface area contributed by atoms with Crippen molar-refractivity contribution in [3.8, 4) is 11.5 Å². The quantitative estimate of drug-likeness (QED) is 0.622. The van der Waals surface area contributed by atoms with Crippen LogP contribution in [0.4, 0.5) is 0 Å². The molecule has 2 rings (SSSR count). The average molecular weight is 322 g/mol. The van der Waals surface area contributed by atoms with Gasteiger partial charge in [0.25, 0.3) is 0 Å². The first-order valence-corrected chi connectivity index (χ1v) is 7.35. The summed E-state index contributed by atoms with van der Waals surface area (Å²) >= 11 is 10.9. The summed E-state index contributed by atoms with van der Waals surface area (Å²) in [5.41, 5.74) is 6.40. The minimum Gasteiger partial charge on any atom is -0.493 e. The summed E-state index contributed by atoms with van der Waals surface area (Å²) in [5, 5.41) is 0.661. The van der Waals surface area contributed by atoms with Crippen LogP contribution < -0.4 is 15.2 Å². The van der Waals surface area contributed by atoms with Gasteiger partial charge in [-0.2, -0.15) is 0 Å². The van der Waals surface area contributed by atoms with E-state index < -0.39 is 0 Å². The van der Waals surface area contributed by atoms with E-state index in [2.05, 4.69) is 0 Å². The van der Waals surface area contributed by atoms with E-state index in [1.54, 1.807) is 6.07 Å². The number of hydrogen-bond donors (Lipinski definition) is 1. The molecular weight excluding hydrogens is 306 g/mol. The molecule has 0 heterocycles. The molecule has 0 fully saturated rings. The minimum atomic E-state index is 0.334. The molecule has 0 aromatic heterocycles. The first kappa shape index (κ1) is 15.6. The second-order valence-corrected chi connectivity index (χ2v) is 5.24. The fourth-order valence-electron chi connectivity index (χ4n) is 1.78. The van der Waals surface area contributed by atoms with Crippen LogP contribution in [0.25, 0.3) is 0 Å². The summed E-state index contributed by atoms with van der Waals surface area (Å²) in [5.74, 6) is 1.46. The van der Waals surface area contributed by atoms with Crippen molar-refractivity contribution in [1.29, 1.82) is 0 Å². The third-order valence-electron chi connectivity index (χ3n) is 2.76. The summed E-state index contributed by atoms with van der Waals surface area (Å²) in [7, 11) is 0. The van der Waals surface area contributed by atoms with Gasteiger partial charge in [0.2, 0.25) is 0 Å². The van der Waals surface area contributed by atoms with E-state index in [0.29, 0.717) is 29.0 Å². The largest absolute Gasteiger partial charge is 0.493 e. The molecule has 0 unspecified atom stereocenters. The van der Waals surface area contributed by atoms with Crippen molar-refractivity contribution in [3.05, 3.63) is 59.1 Å². The number of thiocarbonyl (C=S) groups is 1. The van der Waals surface area contributed by atoms with Gasteiger partial charge in [-0.25, -0.2) is 0 Å². The van der Waals surface area contributed by atoms with Crippen molar-refractivity contribution in [1.82, 2.24) is 0 Å². The molecule has 0 bridgehead atoms. The SMILES string of the molecule is NC(=S)c1ccccc1OCCCOc1cccc(Cl)c1. The van der Waals surface area contributed by atoms with E-state index in [1.165, 1.54) is 0 Å². The summed E-state index contributed by atoms with van der Waals surface area (Å²) in [4.78, 5) is 0.334. The molecule has 0 spiro atoms. The molecular formula is C16H16ClNO2S. The zero-order chi connectivity index (χ0) is 15.1. The Morgan fingerprint density at radius 2 is 1.81 bits per heavy atom. The van der Waals surface area contributed by atoms with Crippen molar-refractivity contribution in [2.45, 2.75) is 6.42 Å². The lowest BCUT2D eigenvalue weighted by molar-refractivity contribution is 0.247. The molecule has 0 saturated heterocycles. The minimum absolute atomic E-state index is 0.334. The molecule has 2 N–H and O–H groups in total. The Morgan fingerprint density at radius 1 is 1.05 bits per heavy atom. The van der Waals surface area contributed by atoms with Gasteiger partial charge in [-0.3, -0.25) is 0 Å². The molecule has 0 aliphatic carbocycles. The molecule has 3 nitrogen and oxygen atoms in total. The van der Waals surface area contributed by atoms with Gasteiger partial charge in [-0.1, -0.05) is 42.0 Å². The Bertz CT molecular complexity index is 619. The summed E-state index contributed by atoms with van der Waals surface area (Å²) in [6.07, 6.45) is 0.748. The van der Waals surface area contributed by atoms with E-state index in [0.717, 1.165) is 17.7 Å². The third kappa shape index (κ3) is 4.92. The van der Waals surface area contributed by atoms with Gasteiger partial charge < -0.3 is 15.2 Å². The van der Waals surface area contributed by atoms with Crippen molar-refractivity contribution in [2.75, 3.05) is 13.2 Å². The Hall–Kier alpha value is -1.78. The zero-order valence-electron chi connectivity index (χ0n) is 11.4. The number of nitrogens with two attached hydrogens (primary N) is 1. The number of ether oxygens (including phenoxy) is 2. The molecule has 21 heavy (non-hydrogen) atoms. The molecule has 5 heteroatoms. The van der Waals surface area contributed by atoms with Crippen LogP contribution in [0.2, 0.25) is 5.02 Å². The van der Waals surface area contributed by atoms with Crippen LogP contribution in [0.15, 0.2) is 48.5 Å². The van der Waals surface area contributed by atoms with E-state index >= 15 is 0 Å². The molecule has 0 saturated carbocycles. The lowest BCUT2D eigenvalue weighted by Crippen LogP contribution is -2.12. The Kier molecular flexibility index (Phi) is 5.84. The van der Waals surface area contributed by atoms with Crippen LogP contribution in [0.1, 0.15) is 12.0 Å². The van der Waals surface area contributed by atoms with Gasteiger partial charge in [0, 0.05) is 11.4 Å². The highest BCUT2D eigenvalue weighted by Crippen LogP contribution is 2.19. The summed E-state index contributed by atoms with van der Waals surface area (Å²) < 4.78 is 11.3. The predicted octanol–water partition coefficient (Wildman–Crippen LogP) is 3.82. The molecule has 0 aliphatic heterocycles. The van der Waals surface area contributed by atoms with Gasteiger partial charge in [0.05, 0.1) is 18.8 Å². The Balaban J connectivity index is 1.76. The van der Waals surface area contributed by atoms with Gasteiger partial charge in [-0.05, 0) is 30.3 Å². The van der Waals surface area contributed by atoms with E-state index in [4.69, 9.17) is 39.0 Å². The second kappa shape index (κ2) is 7.86. The van der Waals surface area contributed by atoms with E-state index in [-0.39, 0.29) is 0 Å². The maximum absolute atomic E-state index is 5.88. The smallest absolute Gasteiger partial charge is 0.129 e. The van der Waals surface area contributed by atoms with Crippen LogP contribution in [0, 0.1) is 0 Å². The first-order valence-electron chi connectivity index (χ1n) is 6.57. The third-order valence-corrected chi connectivity index (χ3v) is 3.22. The second-order valence-electron chi connectivity index (χ2n) is 4.37. The van der Waals surface area contributed by atoms with Crippen molar-refractivity contribution in [2.24, 2.45) is 5.73 Å². The fourth-order valence-corrected chi connectivity index (χ4v) is 2.13. The molecule has 0 amide bonds. The lowest BCUT2D eigenvalue weighted by atomic mass is 10.2. The lowest BCUT2D eigenvalue weighted by Gasteiger charge is -2.11.